The topological polar surface area (TPSA) is 72.7 Å². The molecule has 1 aromatic heterocycles. The summed E-state index contributed by atoms with van der Waals surface area (Å²) in [6.45, 7) is 2.44. The quantitative estimate of drug-likeness (QED) is 0.776. The Bertz CT molecular complexity index is 1060. The molecule has 0 radical (unpaired) electrons. The van der Waals surface area contributed by atoms with Crippen LogP contribution in [0.15, 0.2) is 47.6 Å². The van der Waals surface area contributed by atoms with Gasteiger partial charge in [0.2, 0.25) is 10.3 Å². The molecule has 0 amide bonds. The first-order valence-corrected chi connectivity index (χ1v) is 9.78. The fraction of sp³-hybridized carbons (Fsp3) is 0.263. The number of nitrogens with zero attached hydrogens (tertiary/aromatic N) is 2. The summed E-state index contributed by atoms with van der Waals surface area (Å²) in [5.74, 6) is 0. The average molecular weight is 406 g/mol. The smallest absolute Gasteiger partial charge is 0.224 e. The van der Waals surface area contributed by atoms with Crippen molar-refractivity contribution in [3.8, 4) is 11.3 Å². The highest BCUT2D eigenvalue weighted by atomic mass is 35.5. The molecule has 0 saturated heterocycles. The lowest BCUT2D eigenvalue weighted by atomic mass is 10.1. The van der Waals surface area contributed by atoms with Crippen LogP contribution in [0.5, 0.6) is 0 Å². The maximum atomic E-state index is 12.0. The monoisotopic (exact) mass is 405 g/mol. The molecule has 0 aliphatic carbocycles. The van der Waals surface area contributed by atoms with Gasteiger partial charge >= 0.3 is 0 Å². The number of dihydropyridines is 1. The van der Waals surface area contributed by atoms with Crippen molar-refractivity contribution >= 4 is 38.2 Å². The Morgan fingerprint density at radius 2 is 2.07 bits per heavy atom. The van der Waals surface area contributed by atoms with Gasteiger partial charge in [-0.2, -0.15) is 8.42 Å². The molecule has 1 aliphatic heterocycles. The molecular formula is C19H20ClN3O3S. The molecule has 0 spiro atoms. The summed E-state index contributed by atoms with van der Waals surface area (Å²) in [5, 5.41) is 3.70. The molecule has 3 rings (SSSR count). The molecule has 8 heteroatoms. The molecule has 1 aromatic carbocycles. The molecule has 1 N–H and O–H groups in total. The molecular weight excluding hydrogens is 386 g/mol. The summed E-state index contributed by atoms with van der Waals surface area (Å²) in [4.78, 5) is 4.36. The first-order valence-electron chi connectivity index (χ1n) is 8.32. The van der Waals surface area contributed by atoms with Gasteiger partial charge in [0.25, 0.3) is 0 Å². The van der Waals surface area contributed by atoms with Gasteiger partial charge in [-0.05, 0) is 37.7 Å². The second-order valence-corrected chi connectivity index (χ2v) is 7.42. The van der Waals surface area contributed by atoms with E-state index < -0.39 is 16.5 Å². The highest BCUT2D eigenvalue weighted by molar-refractivity contribution is 7.74. The van der Waals surface area contributed by atoms with Gasteiger partial charge in [0.15, 0.2) is 6.23 Å². The van der Waals surface area contributed by atoms with E-state index in [9.17, 15) is 8.42 Å². The zero-order valence-corrected chi connectivity index (χ0v) is 16.8. The lowest BCUT2D eigenvalue weighted by molar-refractivity contribution is 0.165. The molecule has 6 nitrogen and oxygen atoms in total. The lowest BCUT2D eigenvalue weighted by Crippen LogP contribution is -2.30. The van der Waals surface area contributed by atoms with Crippen LogP contribution in [0.25, 0.3) is 17.0 Å². The Labute approximate surface area is 164 Å². The Morgan fingerprint density at radius 1 is 1.33 bits per heavy atom. The second-order valence-electron chi connectivity index (χ2n) is 6.10. The summed E-state index contributed by atoms with van der Waals surface area (Å²) in [5.41, 5.74) is 3.79. The van der Waals surface area contributed by atoms with Gasteiger partial charge in [0.05, 0.1) is 11.4 Å². The molecule has 0 fully saturated rings. The molecule has 1 unspecified atom stereocenters. The van der Waals surface area contributed by atoms with Crippen LogP contribution >= 0.6 is 11.6 Å². The van der Waals surface area contributed by atoms with E-state index in [4.69, 9.17) is 16.3 Å². The third kappa shape index (κ3) is 3.91. The van der Waals surface area contributed by atoms with Crippen LogP contribution in [-0.4, -0.2) is 43.9 Å². The Balaban J connectivity index is 2.28. The van der Waals surface area contributed by atoms with Crippen molar-refractivity contribution in [2.45, 2.75) is 19.7 Å². The van der Waals surface area contributed by atoms with Gasteiger partial charge < -0.3 is 14.6 Å². The maximum Gasteiger partial charge on any atom is 0.224 e. The Kier molecular flexibility index (Phi) is 5.96. The lowest BCUT2D eigenvalue weighted by Gasteiger charge is -2.22. The summed E-state index contributed by atoms with van der Waals surface area (Å²) < 4.78 is 31.1. The van der Waals surface area contributed by atoms with E-state index in [0.29, 0.717) is 23.0 Å². The van der Waals surface area contributed by atoms with Gasteiger partial charge in [-0.15, -0.1) is 0 Å². The van der Waals surface area contributed by atoms with Crippen LogP contribution in [0.2, 0.25) is 5.02 Å². The van der Waals surface area contributed by atoms with Crippen LogP contribution in [0, 0.1) is 0 Å². The highest BCUT2D eigenvalue weighted by Gasteiger charge is 2.28. The first kappa shape index (κ1) is 19.6. The zero-order valence-electron chi connectivity index (χ0n) is 15.2. The van der Waals surface area contributed by atoms with Gasteiger partial charge in [-0.3, -0.25) is 4.99 Å². The van der Waals surface area contributed by atoms with E-state index in [1.165, 1.54) is 7.11 Å². The fourth-order valence-corrected chi connectivity index (χ4v) is 3.96. The number of halogens is 1. The number of hydrogen-bond acceptors (Lipinski definition) is 5. The second kappa shape index (κ2) is 8.22. The predicted octanol–water partition coefficient (Wildman–Crippen LogP) is 2.87. The molecule has 2 heterocycles. The van der Waals surface area contributed by atoms with Gasteiger partial charge in [0.1, 0.15) is 4.86 Å². The zero-order chi connectivity index (χ0) is 19.6. The van der Waals surface area contributed by atoms with Crippen molar-refractivity contribution in [3.05, 3.63) is 53.2 Å². The van der Waals surface area contributed by atoms with Crippen molar-refractivity contribution in [3.63, 3.8) is 0 Å². The SMILES string of the molecule is CNCc1cc(-c2ccccc2Cl)n(C2=CC(C)=NC(OC)C2=S(=O)=O)c1. The predicted molar refractivity (Wildman–Crippen MR) is 110 cm³/mol. The number of nitrogens with one attached hydrogen (secondary N) is 1. The molecule has 0 saturated carbocycles. The van der Waals surface area contributed by atoms with E-state index in [0.717, 1.165) is 16.8 Å². The molecule has 27 heavy (non-hydrogen) atoms. The van der Waals surface area contributed by atoms with Crippen molar-refractivity contribution in [2.75, 3.05) is 14.2 Å². The van der Waals surface area contributed by atoms with Gasteiger partial charge in [0, 0.05) is 36.1 Å². The number of aromatic nitrogens is 1. The third-order valence-electron chi connectivity index (χ3n) is 4.21. The van der Waals surface area contributed by atoms with E-state index in [-0.39, 0.29) is 4.86 Å². The van der Waals surface area contributed by atoms with Crippen molar-refractivity contribution in [2.24, 2.45) is 4.99 Å². The molecule has 1 atom stereocenters. The number of benzene rings is 1. The summed E-state index contributed by atoms with van der Waals surface area (Å²) in [6, 6.07) is 9.46. The summed E-state index contributed by atoms with van der Waals surface area (Å²) >= 11 is 6.41. The van der Waals surface area contributed by atoms with Crippen LogP contribution in [0.4, 0.5) is 0 Å². The normalized spacial score (nSPS) is 16.9. The fourth-order valence-electron chi connectivity index (χ4n) is 3.09. The van der Waals surface area contributed by atoms with Crippen molar-refractivity contribution < 1.29 is 13.2 Å². The third-order valence-corrected chi connectivity index (χ3v) is 5.31. The minimum atomic E-state index is -2.50. The van der Waals surface area contributed by atoms with E-state index >= 15 is 0 Å². The minimum absolute atomic E-state index is 0.0861. The van der Waals surface area contributed by atoms with Crippen LogP contribution in [-0.2, 0) is 21.6 Å². The standard InChI is InChI=1S/C19H20ClN3O3S/c1-12-8-17(18(27(24)25)19(22-12)26-3)23-11-13(10-21-2)9-16(23)14-6-4-5-7-15(14)20/h4-9,11,19,21H,10H2,1-3H3. The number of rotatable bonds is 5. The minimum Gasteiger partial charge on any atom is -0.354 e. The van der Waals surface area contributed by atoms with E-state index in [2.05, 4.69) is 10.3 Å². The summed E-state index contributed by atoms with van der Waals surface area (Å²) in [6.07, 6.45) is 2.76. The number of ether oxygens (including phenoxy) is 1. The average Bonchev–Trinajstić information content (AvgIpc) is 3.05. The molecule has 1 aliphatic rings. The number of methoxy groups -OCH3 is 1. The van der Waals surface area contributed by atoms with Crippen LogP contribution in [0.1, 0.15) is 12.5 Å². The number of allylic oxidation sites excluding steroid dienone is 1. The van der Waals surface area contributed by atoms with E-state index in [1.807, 2.05) is 55.1 Å². The number of aliphatic imine (C=N–C) groups is 1. The summed E-state index contributed by atoms with van der Waals surface area (Å²) in [7, 11) is 0.799. The van der Waals surface area contributed by atoms with Crippen molar-refractivity contribution in [1.82, 2.24) is 9.88 Å². The van der Waals surface area contributed by atoms with Gasteiger partial charge in [-0.25, -0.2) is 0 Å². The largest absolute Gasteiger partial charge is 0.354 e. The Morgan fingerprint density at radius 3 is 2.70 bits per heavy atom. The van der Waals surface area contributed by atoms with Gasteiger partial charge in [-0.1, -0.05) is 29.8 Å². The van der Waals surface area contributed by atoms with E-state index in [1.54, 1.807) is 6.08 Å². The Hall–Kier alpha value is -2.19. The molecule has 142 valence electrons. The van der Waals surface area contributed by atoms with Crippen molar-refractivity contribution in [1.29, 1.82) is 0 Å². The maximum absolute atomic E-state index is 12.0. The highest BCUT2D eigenvalue weighted by Crippen LogP contribution is 2.32. The molecule has 2 aromatic rings. The number of hydrogen-bond donors (Lipinski definition) is 1. The first-order chi connectivity index (χ1) is 13.0. The van der Waals surface area contributed by atoms with Crippen LogP contribution in [0.3, 0.4) is 0 Å². The van der Waals surface area contributed by atoms with Crippen LogP contribution < -0.4 is 5.32 Å². The molecule has 0 bridgehead atoms.